The second kappa shape index (κ2) is 5.26. The molecule has 0 atom stereocenters. The van der Waals surface area contributed by atoms with E-state index in [9.17, 15) is 8.42 Å². The lowest BCUT2D eigenvalue weighted by Crippen LogP contribution is -2.26. The average molecular weight is 234 g/mol. The van der Waals surface area contributed by atoms with Gasteiger partial charge in [-0.15, -0.1) is 0 Å². The van der Waals surface area contributed by atoms with Gasteiger partial charge in [0.2, 0.25) is 5.09 Å². The van der Waals surface area contributed by atoms with Crippen LogP contribution in [0.15, 0.2) is 21.6 Å². The Balaban J connectivity index is 2.68. The van der Waals surface area contributed by atoms with Crippen LogP contribution in [0.4, 0.5) is 0 Å². The lowest BCUT2D eigenvalue weighted by molar-refractivity contribution is 0.204. The van der Waals surface area contributed by atoms with E-state index < -0.39 is 10.0 Å². The molecular formula is C8H14N2O4S. The molecule has 0 saturated heterocycles. The third kappa shape index (κ3) is 3.31. The summed E-state index contributed by atoms with van der Waals surface area (Å²) < 4.78 is 35.1. The normalized spacial score (nSPS) is 11.9. The Morgan fingerprint density at radius 1 is 1.53 bits per heavy atom. The number of methoxy groups -OCH3 is 1. The zero-order valence-electron chi connectivity index (χ0n) is 8.39. The van der Waals surface area contributed by atoms with E-state index in [1.165, 1.54) is 19.2 Å². The van der Waals surface area contributed by atoms with E-state index in [1.807, 2.05) is 0 Å². The molecule has 1 heterocycles. The molecule has 0 saturated carbocycles. The quantitative estimate of drug-likeness (QED) is 0.657. The Hall–Kier alpha value is -0.890. The predicted molar refractivity (Wildman–Crippen MR) is 53.7 cm³/mol. The van der Waals surface area contributed by atoms with Crippen LogP contribution in [0.5, 0.6) is 0 Å². The van der Waals surface area contributed by atoms with Crippen LogP contribution in [0.25, 0.3) is 0 Å². The summed E-state index contributed by atoms with van der Waals surface area (Å²) in [6.45, 7) is 0.689. The lowest BCUT2D eigenvalue weighted by Gasteiger charge is -2.02. The third-order valence-electron chi connectivity index (χ3n) is 1.70. The Labute approximate surface area is 88.4 Å². The van der Waals surface area contributed by atoms with E-state index in [0.29, 0.717) is 12.4 Å². The molecule has 7 heteroatoms. The van der Waals surface area contributed by atoms with Gasteiger partial charge in [-0.2, -0.15) is 0 Å². The Morgan fingerprint density at radius 3 is 2.80 bits per heavy atom. The van der Waals surface area contributed by atoms with E-state index >= 15 is 0 Å². The Bertz CT molecular complexity index is 399. The third-order valence-corrected chi connectivity index (χ3v) is 3.03. The van der Waals surface area contributed by atoms with Crippen LogP contribution in [0.2, 0.25) is 0 Å². The molecule has 0 amide bonds. The molecule has 0 bridgehead atoms. The maximum absolute atomic E-state index is 11.5. The molecule has 0 aromatic carbocycles. The van der Waals surface area contributed by atoms with Gasteiger partial charge >= 0.3 is 0 Å². The number of nitrogens with two attached hydrogens (primary N) is 1. The van der Waals surface area contributed by atoms with E-state index in [-0.39, 0.29) is 18.2 Å². The molecule has 0 aliphatic carbocycles. The first-order valence-electron chi connectivity index (χ1n) is 4.37. The molecule has 0 radical (unpaired) electrons. The second-order valence-electron chi connectivity index (χ2n) is 2.82. The van der Waals surface area contributed by atoms with Crippen molar-refractivity contribution in [1.82, 2.24) is 4.72 Å². The van der Waals surface area contributed by atoms with Crippen molar-refractivity contribution in [3.05, 3.63) is 17.9 Å². The molecule has 3 N–H and O–H groups in total. The largest absolute Gasteiger partial charge is 0.447 e. The Morgan fingerprint density at radius 2 is 2.27 bits per heavy atom. The summed E-state index contributed by atoms with van der Waals surface area (Å²) >= 11 is 0. The second-order valence-corrected chi connectivity index (χ2v) is 4.51. The lowest BCUT2D eigenvalue weighted by atomic mass is 10.5. The molecule has 1 aromatic heterocycles. The molecular weight excluding hydrogens is 220 g/mol. The molecule has 0 fully saturated rings. The van der Waals surface area contributed by atoms with Crippen LogP contribution < -0.4 is 10.5 Å². The van der Waals surface area contributed by atoms with E-state index in [2.05, 4.69) is 4.72 Å². The Kier molecular flexibility index (Phi) is 4.28. The monoisotopic (exact) mass is 234 g/mol. The standard InChI is InChI=1S/C8H14N2O4S/c1-13-5-4-10-15(11,12)8-3-2-7(6-9)14-8/h2-3,10H,4-6,9H2,1H3. The maximum Gasteiger partial charge on any atom is 0.274 e. The fourth-order valence-electron chi connectivity index (χ4n) is 0.962. The van der Waals surface area contributed by atoms with Crippen LogP contribution in [0.1, 0.15) is 5.76 Å². The number of nitrogens with one attached hydrogen (secondary N) is 1. The first-order valence-corrected chi connectivity index (χ1v) is 5.86. The van der Waals surface area contributed by atoms with Gasteiger partial charge in [-0.25, -0.2) is 13.1 Å². The molecule has 15 heavy (non-hydrogen) atoms. The first-order chi connectivity index (χ1) is 7.10. The molecule has 0 aliphatic rings. The summed E-state index contributed by atoms with van der Waals surface area (Å²) in [4.78, 5) is 0. The number of rotatable bonds is 6. The zero-order chi connectivity index (χ0) is 11.3. The molecule has 0 spiro atoms. The summed E-state index contributed by atoms with van der Waals surface area (Å²) in [5.74, 6) is 0.433. The van der Waals surface area contributed by atoms with Crippen LogP contribution in [-0.2, 0) is 21.3 Å². The minimum absolute atomic E-state index is 0.126. The molecule has 86 valence electrons. The predicted octanol–water partition coefficient (Wildman–Crippen LogP) is -0.337. The van der Waals surface area contributed by atoms with Crippen LogP contribution in [0.3, 0.4) is 0 Å². The van der Waals surface area contributed by atoms with Gasteiger partial charge in [0.15, 0.2) is 0 Å². The highest BCUT2D eigenvalue weighted by Gasteiger charge is 2.17. The van der Waals surface area contributed by atoms with Crippen LogP contribution in [0, 0.1) is 0 Å². The van der Waals surface area contributed by atoms with E-state index in [0.717, 1.165) is 0 Å². The van der Waals surface area contributed by atoms with Crippen LogP contribution >= 0.6 is 0 Å². The fraction of sp³-hybridized carbons (Fsp3) is 0.500. The van der Waals surface area contributed by atoms with Crippen molar-refractivity contribution in [2.75, 3.05) is 20.3 Å². The average Bonchev–Trinajstić information content (AvgIpc) is 2.66. The molecule has 1 rings (SSSR count). The van der Waals surface area contributed by atoms with Gasteiger partial charge in [0, 0.05) is 13.7 Å². The summed E-state index contributed by atoms with van der Waals surface area (Å²) in [6.07, 6.45) is 0. The summed E-state index contributed by atoms with van der Waals surface area (Å²) in [6, 6.07) is 2.90. The van der Waals surface area contributed by atoms with Gasteiger partial charge in [-0.3, -0.25) is 0 Å². The number of hydrogen-bond donors (Lipinski definition) is 2. The van der Waals surface area contributed by atoms with Crippen molar-refractivity contribution in [3.63, 3.8) is 0 Å². The maximum atomic E-state index is 11.5. The molecule has 0 aliphatic heterocycles. The number of furan rings is 1. The summed E-state index contributed by atoms with van der Waals surface area (Å²) in [7, 11) is -2.08. The van der Waals surface area contributed by atoms with Crippen molar-refractivity contribution >= 4 is 10.0 Å². The van der Waals surface area contributed by atoms with Gasteiger partial charge in [0.05, 0.1) is 13.2 Å². The van der Waals surface area contributed by atoms with Crippen LogP contribution in [-0.4, -0.2) is 28.7 Å². The summed E-state index contributed by atoms with van der Waals surface area (Å²) in [5.41, 5.74) is 5.30. The molecule has 0 unspecified atom stereocenters. The van der Waals surface area contributed by atoms with Gasteiger partial charge in [0.25, 0.3) is 10.0 Å². The highest BCUT2D eigenvalue weighted by molar-refractivity contribution is 7.89. The van der Waals surface area contributed by atoms with Gasteiger partial charge in [-0.1, -0.05) is 0 Å². The minimum atomic E-state index is -3.57. The fourth-order valence-corrected chi connectivity index (χ4v) is 1.92. The molecule has 1 aromatic rings. The molecule has 6 nitrogen and oxygen atoms in total. The van der Waals surface area contributed by atoms with Crippen molar-refractivity contribution in [2.24, 2.45) is 5.73 Å². The SMILES string of the molecule is COCCNS(=O)(=O)c1ccc(CN)o1. The van der Waals surface area contributed by atoms with E-state index in [1.54, 1.807) is 0 Å². The number of hydrogen-bond acceptors (Lipinski definition) is 5. The first kappa shape index (κ1) is 12.2. The topological polar surface area (TPSA) is 94.6 Å². The van der Waals surface area contributed by atoms with Gasteiger partial charge < -0.3 is 14.9 Å². The van der Waals surface area contributed by atoms with Gasteiger partial charge in [-0.05, 0) is 12.1 Å². The van der Waals surface area contributed by atoms with Crippen molar-refractivity contribution in [1.29, 1.82) is 0 Å². The highest BCUT2D eigenvalue weighted by Crippen LogP contribution is 2.12. The number of sulfonamides is 1. The minimum Gasteiger partial charge on any atom is -0.447 e. The number of ether oxygens (including phenoxy) is 1. The smallest absolute Gasteiger partial charge is 0.274 e. The zero-order valence-corrected chi connectivity index (χ0v) is 9.21. The summed E-state index contributed by atoms with van der Waals surface area (Å²) in [5, 5.41) is -0.126. The van der Waals surface area contributed by atoms with Crippen molar-refractivity contribution < 1.29 is 17.6 Å². The highest BCUT2D eigenvalue weighted by atomic mass is 32.2. The van der Waals surface area contributed by atoms with Crippen molar-refractivity contribution in [3.8, 4) is 0 Å². The van der Waals surface area contributed by atoms with E-state index in [4.69, 9.17) is 14.9 Å². The van der Waals surface area contributed by atoms with Crippen molar-refractivity contribution in [2.45, 2.75) is 11.6 Å². The van der Waals surface area contributed by atoms with Gasteiger partial charge in [0.1, 0.15) is 5.76 Å².